The molecule has 0 amide bonds. The molecule has 0 aliphatic carbocycles. The molecule has 2 atom stereocenters. The van der Waals surface area contributed by atoms with E-state index in [2.05, 4.69) is 4.74 Å². The summed E-state index contributed by atoms with van der Waals surface area (Å²) < 4.78 is 4.34. The van der Waals surface area contributed by atoms with E-state index in [0.717, 1.165) is 0 Å². The maximum atomic E-state index is 10.4. The molecule has 1 aliphatic rings. The molecule has 9 heavy (non-hydrogen) atoms. The summed E-state index contributed by atoms with van der Waals surface area (Å²) in [5.41, 5.74) is -1.39. The van der Waals surface area contributed by atoms with Crippen molar-refractivity contribution in [2.45, 2.75) is 18.6 Å². The van der Waals surface area contributed by atoms with Crippen molar-refractivity contribution < 1.29 is 19.7 Å². The summed E-state index contributed by atoms with van der Waals surface area (Å²) in [4.78, 5) is 10.4. The Kier molecular flexibility index (Phi) is 1.22. The molecule has 2 N–H and O–H groups in total. The summed E-state index contributed by atoms with van der Waals surface area (Å²) in [5, 5.41) is 17.8. The first-order valence-corrected chi connectivity index (χ1v) is 2.61. The Hall–Kier alpha value is -0.610. The fourth-order valence-corrected chi connectivity index (χ4v) is 0.629. The van der Waals surface area contributed by atoms with E-state index in [4.69, 9.17) is 10.2 Å². The maximum Gasteiger partial charge on any atom is 0.338 e. The van der Waals surface area contributed by atoms with Gasteiger partial charge in [-0.1, -0.05) is 0 Å². The Morgan fingerprint density at radius 3 is 2.56 bits per heavy atom. The molecule has 1 heterocycles. The maximum absolute atomic E-state index is 10.4. The van der Waals surface area contributed by atoms with Crippen LogP contribution in [0, 0.1) is 0 Å². The van der Waals surface area contributed by atoms with Crippen molar-refractivity contribution in [3.05, 3.63) is 0 Å². The number of aliphatic hydroxyl groups is 2. The van der Waals surface area contributed by atoms with Gasteiger partial charge in [-0.25, -0.2) is 4.79 Å². The molecule has 52 valence electrons. The van der Waals surface area contributed by atoms with Crippen molar-refractivity contribution in [3.8, 4) is 0 Å². The molecule has 0 spiro atoms. The van der Waals surface area contributed by atoms with Crippen LogP contribution < -0.4 is 0 Å². The van der Waals surface area contributed by atoms with Crippen molar-refractivity contribution in [2.75, 3.05) is 6.61 Å². The molecule has 1 saturated heterocycles. The van der Waals surface area contributed by atoms with Gasteiger partial charge in [0.2, 0.25) is 0 Å². The highest BCUT2D eigenvalue weighted by Crippen LogP contribution is 2.18. The SMILES string of the molecule is C[C@]1(O)COC(=O)[C@H]1O. The zero-order chi connectivity index (χ0) is 7.07. The quantitative estimate of drug-likeness (QED) is 0.400. The van der Waals surface area contributed by atoms with Gasteiger partial charge >= 0.3 is 5.97 Å². The first-order chi connectivity index (χ1) is 4.04. The highest BCUT2D eigenvalue weighted by Gasteiger charge is 2.44. The third-order valence-electron chi connectivity index (χ3n) is 1.32. The third-order valence-corrected chi connectivity index (χ3v) is 1.32. The molecule has 4 nitrogen and oxygen atoms in total. The second-order valence-electron chi connectivity index (χ2n) is 2.37. The van der Waals surface area contributed by atoms with Crippen LogP contribution in [0.2, 0.25) is 0 Å². The van der Waals surface area contributed by atoms with E-state index in [1.165, 1.54) is 6.92 Å². The van der Waals surface area contributed by atoms with Gasteiger partial charge in [0.1, 0.15) is 12.2 Å². The Labute approximate surface area is 52.1 Å². The summed E-state index contributed by atoms with van der Waals surface area (Å²) >= 11 is 0. The monoisotopic (exact) mass is 132 g/mol. The van der Waals surface area contributed by atoms with Crippen molar-refractivity contribution in [1.29, 1.82) is 0 Å². The van der Waals surface area contributed by atoms with Crippen LogP contribution >= 0.6 is 0 Å². The van der Waals surface area contributed by atoms with Gasteiger partial charge in [-0.15, -0.1) is 0 Å². The lowest BCUT2D eigenvalue weighted by Crippen LogP contribution is -2.39. The van der Waals surface area contributed by atoms with Gasteiger partial charge in [-0.2, -0.15) is 0 Å². The lowest BCUT2D eigenvalue weighted by Gasteiger charge is -2.14. The van der Waals surface area contributed by atoms with Crippen LogP contribution in [0.25, 0.3) is 0 Å². The van der Waals surface area contributed by atoms with Crippen LogP contribution in [-0.4, -0.2) is 34.5 Å². The van der Waals surface area contributed by atoms with Crippen LogP contribution in [0.1, 0.15) is 6.92 Å². The summed E-state index contributed by atoms with van der Waals surface area (Å²) in [6.45, 7) is 1.23. The van der Waals surface area contributed by atoms with E-state index >= 15 is 0 Å². The summed E-state index contributed by atoms with van der Waals surface area (Å²) in [7, 11) is 0. The average molecular weight is 132 g/mol. The molecule has 0 saturated carbocycles. The van der Waals surface area contributed by atoms with Crippen LogP contribution in [0.15, 0.2) is 0 Å². The number of esters is 1. The van der Waals surface area contributed by atoms with Crippen LogP contribution in [0.3, 0.4) is 0 Å². The molecule has 0 radical (unpaired) electrons. The molecule has 1 aliphatic heterocycles. The van der Waals surface area contributed by atoms with Gasteiger partial charge in [0.25, 0.3) is 0 Å². The molecular formula is C5H8O4. The van der Waals surface area contributed by atoms with E-state index in [1.54, 1.807) is 0 Å². The van der Waals surface area contributed by atoms with Gasteiger partial charge in [0, 0.05) is 0 Å². The lowest BCUT2D eigenvalue weighted by atomic mass is 10.0. The minimum Gasteiger partial charge on any atom is -0.461 e. The number of carbonyl (C=O) groups is 1. The minimum absolute atomic E-state index is 0.118. The lowest BCUT2D eigenvalue weighted by molar-refractivity contribution is -0.145. The highest BCUT2D eigenvalue weighted by atomic mass is 16.6. The largest absolute Gasteiger partial charge is 0.461 e. The fraction of sp³-hybridized carbons (Fsp3) is 0.800. The van der Waals surface area contributed by atoms with Crippen molar-refractivity contribution in [3.63, 3.8) is 0 Å². The van der Waals surface area contributed by atoms with Crippen molar-refractivity contribution >= 4 is 5.97 Å². The van der Waals surface area contributed by atoms with E-state index in [9.17, 15) is 4.79 Å². The molecule has 1 rings (SSSR count). The van der Waals surface area contributed by atoms with E-state index in [1.807, 2.05) is 0 Å². The van der Waals surface area contributed by atoms with E-state index in [-0.39, 0.29) is 6.61 Å². The number of hydrogen-bond acceptors (Lipinski definition) is 4. The molecular weight excluding hydrogens is 124 g/mol. The van der Waals surface area contributed by atoms with Crippen molar-refractivity contribution in [1.82, 2.24) is 0 Å². The molecule has 0 aromatic rings. The second kappa shape index (κ2) is 1.68. The molecule has 0 bridgehead atoms. The Morgan fingerprint density at radius 2 is 2.44 bits per heavy atom. The number of ether oxygens (including phenoxy) is 1. The molecule has 0 aromatic heterocycles. The van der Waals surface area contributed by atoms with Crippen molar-refractivity contribution in [2.24, 2.45) is 0 Å². The van der Waals surface area contributed by atoms with Crippen LogP contribution in [-0.2, 0) is 9.53 Å². The number of aliphatic hydroxyl groups excluding tert-OH is 1. The number of cyclic esters (lactones) is 1. The minimum atomic E-state index is -1.39. The van der Waals surface area contributed by atoms with E-state index in [0.29, 0.717) is 0 Å². The van der Waals surface area contributed by atoms with Gasteiger partial charge in [0.05, 0.1) is 0 Å². The molecule has 0 unspecified atom stereocenters. The molecule has 1 fully saturated rings. The third kappa shape index (κ3) is 0.906. The Balaban J connectivity index is 2.73. The topological polar surface area (TPSA) is 66.8 Å². The van der Waals surface area contributed by atoms with Crippen LogP contribution in [0.4, 0.5) is 0 Å². The van der Waals surface area contributed by atoms with Gasteiger partial charge < -0.3 is 14.9 Å². The van der Waals surface area contributed by atoms with Gasteiger partial charge in [-0.3, -0.25) is 0 Å². The standard InChI is InChI=1S/C5H8O4/c1-5(8)2-9-4(7)3(5)6/h3,6,8H,2H2,1H3/t3-,5+/m1/s1. The van der Waals surface area contributed by atoms with E-state index < -0.39 is 17.7 Å². The first-order valence-electron chi connectivity index (χ1n) is 2.61. The van der Waals surface area contributed by atoms with Crippen LogP contribution in [0.5, 0.6) is 0 Å². The smallest absolute Gasteiger partial charge is 0.338 e. The normalized spacial score (nSPS) is 43.0. The Morgan fingerprint density at radius 1 is 1.89 bits per heavy atom. The predicted molar refractivity (Wildman–Crippen MR) is 27.6 cm³/mol. The highest BCUT2D eigenvalue weighted by molar-refractivity contribution is 5.78. The molecule has 0 aromatic carbocycles. The fourth-order valence-electron chi connectivity index (χ4n) is 0.629. The summed E-state index contributed by atoms with van der Waals surface area (Å²) in [6, 6.07) is 0. The second-order valence-corrected chi connectivity index (χ2v) is 2.37. The first kappa shape index (κ1) is 6.51. The molecule has 4 heteroatoms. The summed E-state index contributed by atoms with van der Waals surface area (Å²) in [6.07, 6.45) is -1.38. The average Bonchev–Trinajstić information content (AvgIpc) is 1.97. The predicted octanol–water partition coefficient (Wildman–Crippen LogP) is -1.34. The van der Waals surface area contributed by atoms with Gasteiger partial charge in [0.15, 0.2) is 6.10 Å². The zero-order valence-electron chi connectivity index (χ0n) is 5.00. The summed E-state index contributed by atoms with van der Waals surface area (Å²) in [5.74, 6) is -0.750. The zero-order valence-corrected chi connectivity index (χ0v) is 5.00. The number of hydrogen-bond donors (Lipinski definition) is 2. The Bertz CT molecular complexity index is 140. The van der Waals surface area contributed by atoms with Gasteiger partial charge in [-0.05, 0) is 6.92 Å². The number of rotatable bonds is 0. The number of carbonyl (C=O) groups excluding carboxylic acids is 1.